The first-order valence-electron chi connectivity index (χ1n) is 12.2. The lowest BCUT2D eigenvalue weighted by molar-refractivity contribution is -0.158. The topological polar surface area (TPSA) is 147 Å². The van der Waals surface area contributed by atoms with Crippen molar-refractivity contribution in [2.75, 3.05) is 18.9 Å². The molecule has 3 atom stereocenters. The van der Waals surface area contributed by atoms with E-state index in [1.54, 1.807) is 31.5 Å². The molecule has 0 saturated carbocycles. The number of nitrogen functional groups attached to an aromatic ring is 1. The molecule has 4 rings (SSSR count). The third-order valence-corrected chi connectivity index (χ3v) is 8.67. The van der Waals surface area contributed by atoms with Crippen molar-refractivity contribution in [2.45, 2.75) is 50.1 Å². The Morgan fingerprint density at radius 2 is 1.97 bits per heavy atom. The standard InChI is InChI=1S/C25H29Cl2N5O5S/c1-3-37-25(34)22-8-14(2)6-7-32(22)24(33)21(10-15-4-5-19-20(9-15)30-13-29-19)31-38(35,36)16-11-17(26)23(28)18(27)12-16/h4-5,9,11-14,21-22,31H,3,6-8,10,28H2,1-2H3,(H,29,30). The lowest BCUT2D eigenvalue weighted by Gasteiger charge is -2.38. The number of piperidine rings is 1. The number of amides is 1. The van der Waals surface area contributed by atoms with Gasteiger partial charge in [0.25, 0.3) is 0 Å². The Kier molecular flexibility index (Phi) is 8.51. The molecule has 0 spiro atoms. The first kappa shape index (κ1) is 28.2. The highest BCUT2D eigenvalue weighted by molar-refractivity contribution is 7.89. The number of imidazole rings is 1. The van der Waals surface area contributed by atoms with Gasteiger partial charge in [0.05, 0.1) is 44.6 Å². The van der Waals surface area contributed by atoms with Crippen molar-refractivity contribution < 1.29 is 22.7 Å². The quantitative estimate of drug-likeness (QED) is 0.272. The van der Waals surface area contributed by atoms with Crippen molar-refractivity contribution in [2.24, 2.45) is 5.92 Å². The summed E-state index contributed by atoms with van der Waals surface area (Å²) in [7, 11) is -4.28. The van der Waals surface area contributed by atoms with Crippen LogP contribution in [-0.4, -0.2) is 60.4 Å². The predicted octanol–water partition coefficient (Wildman–Crippen LogP) is 3.53. The van der Waals surface area contributed by atoms with Crippen LogP contribution in [0.25, 0.3) is 11.0 Å². The van der Waals surface area contributed by atoms with Crippen molar-refractivity contribution in [3.8, 4) is 0 Å². The van der Waals surface area contributed by atoms with Crippen LogP contribution in [0.15, 0.2) is 41.6 Å². The van der Waals surface area contributed by atoms with Crippen LogP contribution in [0.4, 0.5) is 5.69 Å². The van der Waals surface area contributed by atoms with Crippen LogP contribution in [0, 0.1) is 5.92 Å². The number of nitrogens with zero attached hydrogens (tertiary/aromatic N) is 2. The Balaban J connectivity index is 1.70. The zero-order chi connectivity index (χ0) is 27.6. The highest BCUT2D eigenvalue weighted by Gasteiger charge is 2.39. The molecule has 10 nitrogen and oxygen atoms in total. The van der Waals surface area contributed by atoms with E-state index in [1.807, 2.05) is 6.92 Å². The number of halogens is 2. The van der Waals surface area contributed by atoms with Gasteiger partial charge in [0.1, 0.15) is 12.1 Å². The molecule has 2 heterocycles. The minimum Gasteiger partial charge on any atom is -0.464 e. The average Bonchev–Trinajstić information content (AvgIpc) is 3.34. The first-order valence-corrected chi connectivity index (χ1v) is 14.4. The summed E-state index contributed by atoms with van der Waals surface area (Å²) in [5.74, 6) is -0.845. The van der Waals surface area contributed by atoms with Gasteiger partial charge in [0, 0.05) is 6.54 Å². The van der Waals surface area contributed by atoms with E-state index < -0.39 is 34.0 Å². The molecule has 4 N–H and O–H groups in total. The van der Waals surface area contributed by atoms with Crippen LogP contribution in [0.2, 0.25) is 10.0 Å². The van der Waals surface area contributed by atoms with Crippen LogP contribution in [0.1, 0.15) is 32.3 Å². The average molecular weight is 583 g/mol. The van der Waals surface area contributed by atoms with Crippen LogP contribution >= 0.6 is 23.2 Å². The van der Waals surface area contributed by atoms with E-state index in [0.717, 1.165) is 5.52 Å². The highest BCUT2D eigenvalue weighted by atomic mass is 35.5. The molecule has 1 aliphatic rings. The van der Waals surface area contributed by atoms with Crippen LogP contribution in [-0.2, 0) is 30.8 Å². The molecule has 1 amide bonds. The number of hydrogen-bond donors (Lipinski definition) is 3. The number of aromatic amines is 1. The molecule has 38 heavy (non-hydrogen) atoms. The smallest absolute Gasteiger partial charge is 0.328 e. The van der Waals surface area contributed by atoms with Gasteiger partial charge < -0.3 is 20.4 Å². The molecule has 3 aromatic rings. The van der Waals surface area contributed by atoms with Crippen LogP contribution in [0.3, 0.4) is 0 Å². The number of likely N-dealkylation sites (tertiary alicyclic amines) is 1. The number of fused-ring (bicyclic) bond motifs is 1. The van der Waals surface area contributed by atoms with E-state index in [-0.39, 0.29) is 39.6 Å². The van der Waals surface area contributed by atoms with E-state index >= 15 is 0 Å². The van der Waals surface area contributed by atoms with Gasteiger partial charge in [0.2, 0.25) is 15.9 Å². The number of nitrogens with one attached hydrogen (secondary N) is 2. The second-order valence-electron chi connectivity index (χ2n) is 9.36. The van der Waals surface area contributed by atoms with Crippen molar-refractivity contribution in [1.29, 1.82) is 0 Å². The minimum absolute atomic E-state index is 0.0128. The maximum Gasteiger partial charge on any atom is 0.328 e. The van der Waals surface area contributed by atoms with Gasteiger partial charge in [0.15, 0.2) is 0 Å². The number of esters is 1. The molecule has 3 unspecified atom stereocenters. The molecule has 1 fully saturated rings. The highest BCUT2D eigenvalue weighted by Crippen LogP contribution is 2.31. The molecule has 0 bridgehead atoms. The van der Waals surface area contributed by atoms with Gasteiger partial charge in [-0.1, -0.05) is 36.2 Å². The summed E-state index contributed by atoms with van der Waals surface area (Å²) in [4.78, 5) is 35.1. The molecule has 1 aliphatic heterocycles. The second kappa shape index (κ2) is 11.5. The van der Waals surface area contributed by atoms with Gasteiger partial charge in [-0.2, -0.15) is 4.72 Å². The Morgan fingerprint density at radius 1 is 1.26 bits per heavy atom. The number of H-pyrrole nitrogens is 1. The minimum atomic E-state index is -4.28. The van der Waals surface area contributed by atoms with Gasteiger partial charge in [-0.25, -0.2) is 18.2 Å². The monoisotopic (exact) mass is 581 g/mol. The SMILES string of the molecule is CCOC(=O)C1CC(C)CCN1C(=O)C(Cc1ccc2[nH]cnc2c1)NS(=O)(=O)c1cc(Cl)c(N)c(Cl)c1. The van der Waals surface area contributed by atoms with E-state index in [0.29, 0.717) is 30.5 Å². The summed E-state index contributed by atoms with van der Waals surface area (Å²) in [5.41, 5.74) is 7.97. The molecule has 204 valence electrons. The largest absolute Gasteiger partial charge is 0.464 e. The van der Waals surface area contributed by atoms with Crippen molar-refractivity contribution in [3.63, 3.8) is 0 Å². The third-order valence-electron chi connectivity index (χ3n) is 6.59. The number of nitrogens with two attached hydrogens (primary N) is 1. The van der Waals surface area contributed by atoms with E-state index in [2.05, 4.69) is 14.7 Å². The number of carbonyl (C=O) groups excluding carboxylic acids is 2. The molecule has 0 aliphatic carbocycles. The summed E-state index contributed by atoms with van der Waals surface area (Å²) in [6.45, 7) is 4.16. The zero-order valence-electron chi connectivity index (χ0n) is 20.9. The van der Waals surface area contributed by atoms with Gasteiger partial charge in [-0.3, -0.25) is 4.79 Å². The fraction of sp³-hybridized carbons (Fsp3) is 0.400. The number of hydrogen-bond acceptors (Lipinski definition) is 7. The second-order valence-corrected chi connectivity index (χ2v) is 11.9. The number of carbonyl (C=O) groups is 2. The van der Waals surface area contributed by atoms with Crippen molar-refractivity contribution in [1.82, 2.24) is 19.6 Å². The first-order chi connectivity index (χ1) is 18.0. The molecule has 2 aromatic carbocycles. The Hall–Kier alpha value is -2.86. The van der Waals surface area contributed by atoms with Crippen molar-refractivity contribution >= 4 is 61.8 Å². The lowest BCUT2D eigenvalue weighted by atomic mass is 9.91. The summed E-state index contributed by atoms with van der Waals surface area (Å²) in [5, 5.41) is -0.0609. The number of aromatic nitrogens is 2. The Morgan fingerprint density at radius 3 is 2.66 bits per heavy atom. The molecule has 1 saturated heterocycles. The van der Waals surface area contributed by atoms with Gasteiger partial charge in [-0.15, -0.1) is 0 Å². The fourth-order valence-corrected chi connectivity index (χ4v) is 6.42. The van der Waals surface area contributed by atoms with E-state index in [4.69, 9.17) is 33.7 Å². The van der Waals surface area contributed by atoms with Crippen molar-refractivity contribution in [3.05, 3.63) is 52.3 Å². The molecular weight excluding hydrogens is 553 g/mol. The number of sulfonamides is 1. The zero-order valence-corrected chi connectivity index (χ0v) is 23.2. The number of ether oxygens (including phenoxy) is 1. The Bertz CT molecular complexity index is 1440. The number of anilines is 1. The predicted molar refractivity (Wildman–Crippen MR) is 145 cm³/mol. The third kappa shape index (κ3) is 6.06. The molecule has 0 radical (unpaired) electrons. The maximum absolute atomic E-state index is 13.9. The normalized spacial score (nSPS) is 18.9. The van der Waals surface area contributed by atoms with Gasteiger partial charge in [-0.05, 0) is 61.9 Å². The Labute approximate surface area is 230 Å². The van der Waals surface area contributed by atoms with Gasteiger partial charge >= 0.3 is 5.97 Å². The van der Waals surface area contributed by atoms with E-state index in [9.17, 15) is 18.0 Å². The van der Waals surface area contributed by atoms with Crippen LogP contribution in [0.5, 0.6) is 0 Å². The number of benzene rings is 2. The molecule has 13 heteroatoms. The summed E-state index contributed by atoms with van der Waals surface area (Å²) in [6.07, 6.45) is 2.65. The summed E-state index contributed by atoms with van der Waals surface area (Å²) in [6, 6.07) is 5.66. The van der Waals surface area contributed by atoms with E-state index in [1.165, 1.54) is 17.0 Å². The summed E-state index contributed by atoms with van der Waals surface area (Å²) >= 11 is 12.2. The fourth-order valence-electron chi connectivity index (χ4n) is 4.56. The molecule has 1 aromatic heterocycles. The molecular formula is C25H29Cl2N5O5S. The maximum atomic E-state index is 13.9. The lowest BCUT2D eigenvalue weighted by Crippen LogP contribution is -2.57. The van der Waals surface area contributed by atoms with Crippen LogP contribution < -0.4 is 10.5 Å². The summed E-state index contributed by atoms with van der Waals surface area (Å²) < 4.78 is 34.6. The number of rotatable bonds is 8.